The van der Waals surface area contributed by atoms with Crippen LogP contribution < -0.4 is 4.74 Å². The molecule has 1 aromatic carbocycles. The third-order valence-corrected chi connectivity index (χ3v) is 3.83. The van der Waals surface area contributed by atoms with Gasteiger partial charge in [-0.1, -0.05) is 19.4 Å². The Balaban J connectivity index is 2.00. The molecule has 1 unspecified atom stereocenters. The second kappa shape index (κ2) is 6.10. The van der Waals surface area contributed by atoms with Crippen LogP contribution in [0.5, 0.6) is 11.5 Å². The van der Waals surface area contributed by atoms with Gasteiger partial charge in [0.05, 0.1) is 7.11 Å². The highest BCUT2D eigenvalue weighted by atomic mass is 16.5. The predicted octanol–water partition coefficient (Wildman–Crippen LogP) is 3.02. The van der Waals surface area contributed by atoms with E-state index < -0.39 is 0 Å². The van der Waals surface area contributed by atoms with E-state index in [1.54, 1.807) is 13.2 Å². The number of nitrogens with zero attached hydrogens (tertiary/aromatic N) is 1. The van der Waals surface area contributed by atoms with E-state index in [1.807, 2.05) is 12.1 Å². The summed E-state index contributed by atoms with van der Waals surface area (Å²) in [5.41, 5.74) is 1.21. The van der Waals surface area contributed by atoms with Crippen LogP contribution in [-0.2, 0) is 6.54 Å². The van der Waals surface area contributed by atoms with Crippen molar-refractivity contribution in [2.24, 2.45) is 5.92 Å². The SMILES string of the molecule is CCC1CCCN(Cc2ccc(O)c(OC)c2)C1. The molecule has 1 heterocycles. The highest BCUT2D eigenvalue weighted by Crippen LogP contribution is 2.28. The molecule has 1 N–H and O–H groups in total. The second-order valence-corrected chi connectivity index (χ2v) is 5.16. The molecule has 100 valence electrons. The van der Waals surface area contributed by atoms with Crippen molar-refractivity contribution in [1.82, 2.24) is 4.90 Å². The molecule has 0 aliphatic carbocycles. The highest BCUT2D eigenvalue weighted by molar-refractivity contribution is 5.41. The zero-order chi connectivity index (χ0) is 13.0. The van der Waals surface area contributed by atoms with Crippen molar-refractivity contribution in [2.75, 3.05) is 20.2 Å². The highest BCUT2D eigenvalue weighted by Gasteiger charge is 2.18. The largest absolute Gasteiger partial charge is 0.504 e. The van der Waals surface area contributed by atoms with Gasteiger partial charge in [-0.3, -0.25) is 4.90 Å². The Bertz CT molecular complexity index is 392. The van der Waals surface area contributed by atoms with Crippen LogP contribution in [0.15, 0.2) is 18.2 Å². The maximum atomic E-state index is 9.58. The molecule has 1 saturated heterocycles. The van der Waals surface area contributed by atoms with Crippen molar-refractivity contribution in [1.29, 1.82) is 0 Å². The van der Waals surface area contributed by atoms with Gasteiger partial charge in [-0.25, -0.2) is 0 Å². The van der Waals surface area contributed by atoms with Crippen LogP contribution in [0.2, 0.25) is 0 Å². The molecule has 0 radical (unpaired) electrons. The molecule has 2 rings (SSSR count). The molecule has 0 amide bonds. The van der Waals surface area contributed by atoms with Gasteiger partial charge < -0.3 is 9.84 Å². The molecule has 0 aromatic heterocycles. The summed E-state index contributed by atoms with van der Waals surface area (Å²) in [4.78, 5) is 2.50. The van der Waals surface area contributed by atoms with Gasteiger partial charge in [-0.2, -0.15) is 0 Å². The number of hydrogen-bond donors (Lipinski definition) is 1. The minimum atomic E-state index is 0.214. The lowest BCUT2D eigenvalue weighted by molar-refractivity contribution is 0.164. The maximum absolute atomic E-state index is 9.58. The zero-order valence-corrected chi connectivity index (χ0v) is 11.4. The number of hydrogen-bond acceptors (Lipinski definition) is 3. The van der Waals surface area contributed by atoms with Gasteiger partial charge in [0, 0.05) is 13.1 Å². The fourth-order valence-corrected chi connectivity index (χ4v) is 2.71. The van der Waals surface area contributed by atoms with Crippen molar-refractivity contribution < 1.29 is 9.84 Å². The number of likely N-dealkylation sites (tertiary alicyclic amines) is 1. The number of benzene rings is 1. The number of rotatable bonds is 4. The summed E-state index contributed by atoms with van der Waals surface area (Å²) in [6.07, 6.45) is 3.94. The van der Waals surface area contributed by atoms with Gasteiger partial charge in [0.25, 0.3) is 0 Å². The Morgan fingerprint density at radius 3 is 3.00 bits per heavy atom. The van der Waals surface area contributed by atoms with Crippen molar-refractivity contribution in [3.05, 3.63) is 23.8 Å². The number of piperidine rings is 1. The number of ether oxygens (including phenoxy) is 1. The lowest BCUT2D eigenvalue weighted by Gasteiger charge is -2.32. The summed E-state index contributed by atoms with van der Waals surface area (Å²) >= 11 is 0. The first-order chi connectivity index (χ1) is 8.72. The topological polar surface area (TPSA) is 32.7 Å². The van der Waals surface area contributed by atoms with Gasteiger partial charge in [0.15, 0.2) is 11.5 Å². The summed E-state index contributed by atoms with van der Waals surface area (Å²) in [5, 5.41) is 9.58. The number of phenols is 1. The fraction of sp³-hybridized carbons (Fsp3) is 0.600. The lowest BCUT2D eigenvalue weighted by atomic mass is 9.95. The van der Waals surface area contributed by atoms with Crippen molar-refractivity contribution in [3.63, 3.8) is 0 Å². The summed E-state index contributed by atoms with van der Waals surface area (Å²) in [7, 11) is 1.59. The van der Waals surface area contributed by atoms with Gasteiger partial charge in [-0.05, 0) is 43.0 Å². The van der Waals surface area contributed by atoms with Crippen molar-refractivity contribution in [2.45, 2.75) is 32.7 Å². The third-order valence-electron chi connectivity index (χ3n) is 3.83. The van der Waals surface area contributed by atoms with Gasteiger partial charge in [0.1, 0.15) is 0 Å². The molecule has 1 fully saturated rings. The first-order valence-corrected chi connectivity index (χ1v) is 6.81. The normalized spacial score (nSPS) is 20.9. The first-order valence-electron chi connectivity index (χ1n) is 6.81. The summed E-state index contributed by atoms with van der Waals surface area (Å²) in [6, 6.07) is 5.63. The minimum Gasteiger partial charge on any atom is -0.504 e. The van der Waals surface area contributed by atoms with Gasteiger partial charge in [-0.15, -0.1) is 0 Å². The van der Waals surface area contributed by atoms with Crippen molar-refractivity contribution >= 4 is 0 Å². The summed E-state index contributed by atoms with van der Waals surface area (Å²) in [5.74, 6) is 1.63. The van der Waals surface area contributed by atoms with E-state index in [9.17, 15) is 5.11 Å². The van der Waals surface area contributed by atoms with E-state index in [4.69, 9.17) is 4.74 Å². The minimum absolute atomic E-state index is 0.214. The lowest BCUT2D eigenvalue weighted by Crippen LogP contribution is -2.34. The van der Waals surface area contributed by atoms with E-state index in [0.717, 1.165) is 12.5 Å². The third kappa shape index (κ3) is 3.16. The van der Waals surface area contributed by atoms with Crippen LogP contribution in [0.3, 0.4) is 0 Å². The molecule has 3 heteroatoms. The molecule has 18 heavy (non-hydrogen) atoms. The molecule has 1 aliphatic heterocycles. The van der Waals surface area contributed by atoms with Crippen LogP contribution in [0, 0.1) is 5.92 Å². The van der Waals surface area contributed by atoms with Crippen LogP contribution in [0.4, 0.5) is 0 Å². The molecule has 1 aromatic rings. The molecule has 0 saturated carbocycles. The average molecular weight is 249 g/mol. The number of phenolic OH excluding ortho intramolecular Hbond substituents is 1. The van der Waals surface area contributed by atoms with Gasteiger partial charge in [0.2, 0.25) is 0 Å². The Labute approximate surface area is 109 Å². The predicted molar refractivity (Wildman–Crippen MR) is 73.0 cm³/mol. The van der Waals surface area contributed by atoms with E-state index in [0.29, 0.717) is 5.75 Å². The van der Waals surface area contributed by atoms with Crippen molar-refractivity contribution in [3.8, 4) is 11.5 Å². The van der Waals surface area contributed by atoms with Crippen LogP contribution in [0.1, 0.15) is 31.7 Å². The van der Waals surface area contributed by atoms with E-state index in [-0.39, 0.29) is 5.75 Å². The van der Waals surface area contributed by atoms with Gasteiger partial charge >= 0.3 is 0 Å². The number of aromatic hydroxyl groups is 1. The zero-order valence-electron chi connectivity index (χ0n) is 11.4. The average Bonchev–Trinajstić information content (AvgIpc) is 2.41. The van der Waals surface area contributed by atoms with Crippen LogP contribution >= 0.6 is 0 Å². The van der Waals surface area contributed by atoms with Crippen LogP contribution in [0.25, 0.3) is 0 Å². The Kier molecular flexibility index (Phi) is 4.48. The van der Waals surface area contributed by atoms with E-state index in [1.165, 1.54) is 37.9 Å². The molecule has 1 atom stereocenters. The molecular formula is C15H23NO2. The first kappa shape index (κ1) is 13.2. The second-order valence-electron chi connectivity index (χ2n) is 5.16. The number of methoxy groups -OCH3 is 1. The van der Waals surface area contributed by atoms with Crippen LogP contribution in [-0.4, -0.2) is 30.2 Å². The van der Waals surface area contributed by atoms with E-state index >= 15 is 0 Å². The molecular weight excluding hydrogens is 226 g/mol. The Hall–Kier alpha value is -1.22. The summed E-state index contributed by atoms with van der Waals surface area (Å²) < 4.78 is 5.15. The fourth-order valence-electron chi connectivity index (χ4n) is 2.71. The molecule has 0 spiro atoms. The Morgan fingerprint density at radius 2 is 2.28 bits per heavy atom. The Morgan fingerprint density at radius 1 is 1.44 bits per heavy atom. The quantitative estimate of drug-likeness (QED) is 0.890. The molecule has 0 bridgehead atoms. The smallest absolute Gasteiger partial charge is 0.160 e. The van der Waals surface area contributed by atoms with E-state index in [2.05, 4.69) is 11.8 Å². The summed E-state index contributed by atoms with van der Waals surface area (Å²) in [6.45, 7) is 5.60. The monoisotopic (exact) mass is 249 g/mol. The molecule has 3 nitrogen and oxygen atoms in total. The maximum Gasteiger partial charge on any atom is 0.160 e. The standard InChI is InChI=1S/C15H23NO2/c1-3-12-5-4-8-16(10-12)11-13-6-7-14(17)15(9-13)18-2/h6-7,9,12,17H,3-5,8,10-11H2,1-2H3. The molecule has 1 aliphatic rings.